The van der Waals surface area contributed by atoms with E-state index in [1.165, 1.54) is 0 Å². The Kier molecular flexibility index (Phi) is 5.10. The van der Waals surface area contributed by atoms with Crippen LogP contribution in [0.4, 0.5) is 0 Å². The van der Waals surface area contributed by atoms with Gasteiger partial charge in [0.25, 0.3) is 0 Å². The van der Waals surface area contributed by atoms with E-state index in [1.807, 2.05) is 13.8 Å². The second kappa shape index (κ2) is 6.15. The number of carbonyl (C=O) groups excluding carboxylic acids is 1. The zero-order valence-corrected chi connectivity index (χ0v) is 11.0. The first-order valence-corrected chi connectivity index (χ1v) is 6.21. The van der Waals surface area contributed by atoms with Gasteiger partial charge in [-0.25, -0.2) is 4.79 Å². The lowest BCUT2D eigenvalue weighted by Gasteiger charge is -2.47. The van der Waals surface area contributed by atoms with Gasteiger partial charge in [-0.2, -0.15) is 0 Å². The maximum absolute atomic E-state index is 11.7. The van der Waals surface area contributed by atoms with Gasteiger partial charge >= 0.3 is 5.97 Å². The Labute approximate surface area is 107 Å². The molecule has 3 N–H and O–H groups in total. The molecule has 1 rings (SSSR count). The standard InChI is InChI=1S/C12H22N2O4/c1-9(13)4-3-5-10(15)14-7-12(2,8-14)18-6-11(16)17/h9H,3-8,13H2,1-2H3,(H,16,17). The molecule has 1 unspecified atom stereocenters. The second-order valence-corrected chi connectivity index (χ2v) is 5.25. The topological polar surface area (TPSA) is 92.9 Å². The molecule has 1 amide bonds. The van der Waals surface area contributed by atoms with Crippen LogP contribution in [0.15, 0.2) is 0 Å². The van der Waals surface area contributed by atoms with Gasteiger partial charge in [0.15, 0.2) is 0 Å². The van der Waals surface area contributed by atoms with Crippen molar-refractivity contribution in [2.75, 3.05) is 19.7 Å². The number of hydrogen-bond donors (Lipinski definition) is 2. The fourth-order valence-electron chi connectivity index (χ4n) is 2.00. The Morgan fingerprint density at radius 1 is 1.50 bits per heavy atom. The smallest absolute Gasteiger partial charge is 0.329 e. The predicted octanol–water partition coefficient (Wildman–Crippen LogP) is 0.206. The lowest BCUT2D eigenvalue weighted by Crippen LogP contribution is -2.63. The van der Waals surface area contributed by atoms with Crippen molar-refractivity contribution in [3.63, 3.8) is 0 Å². The minimum atomic E-state index is -0.988. The van der Waals surface area contributed by atoms with Crippen molar-refractivity contribution in [1.82, 2.24) is 4.90 Å². The number of nitrogens with zero attached hydrogens (tertiary/aromatic N) is 1. The lowest BCUT2D eigenvalue weighted by atomic mass is 9.95. The number of rotatable bonds is 7. The molecular weight excluding hydrogens is 236 g/mol. The van der Waals surface area contributed by atoms with Gasteiger partial charge in [0, 0.05) is 12.5 Å². The number of carboxylic acid groups (broad SMARTS) is 1. The van der Waals surface area contributed by atoms with Crippen LogP contribution in [0.3, 0.4) is 0 Å². The highest BCUT2D eigenvalue weighted by Gasteiger charge is 2.42. The van der Waals surface area contributed by atoms with E-state index < -0.39 is 11.6 Å². The highest BCUT2D eigenvalue weighted by atomic mass is 16.5. The van der Waals surface area contributed by atoms with Crippen LogP contribution in [0.2, 0.25) is 0 Å². The van der Waals surface area contributed by atoms with Crippen molar-refractivity contribution in [1.29, 1.82) is 0 Å². The predicted molar refractivity (Wildman–Crippen MR) is 66.1 cm³/mol. The van der Waals surface area contributed by atoms with E-state index in [0.717, 1.165) is 12.8 Å². The van der Waals surface area contributed by atoms with Gasteiger partial charge in [0.1, 0.15) is 12.2 Å². The van der Waals surface area contributed by atoms with Gasteiger partial charge in [0.2, 0.25) is 5.91 Å². The monoisotopic (exact) mass is 258 g/mol. The number of hydrogen-bond acceptors (Lipinski definition) is 4. The van der Waals surface area contributed by atoms with Crippen LogP contribution < -0.4 is 5.73 Å². The van der Waals surface area contributed by atoms with Crippen LogP contribution in [0, 0.1) is 0 Å². The number of likely N-dealkylation sites (tertiary alicyclic amines) is 1. The quantitative estimate of drug-likeness (QED) is 0.680. The van der Waals surface area contributed by atoms with E-state index in [2.05, 4.69) is 0 Å². The van der Waals surface area contributed by atoms with Crippen molar-refractivity contribution in [3.8, 4) is 0 Å². The number of amides is 1. The third-order valence-electron chi connectivity index (χ3n) is 3.00. The molecule has 0 aliphatic carbocycles. The molecule has 1 heterocycles. The largest absolute Gasteiger partial charge is 0.480 e. The first-order valence-electron chi connectivity index (χ1n) is 6.21. The van der Waals surface area contributed by atoms with E-state index in [4.69, 9.17) is 15.6 Å². The van der Waals surface area contributed by atoms with Crippen LogP contribution in [0.1, 0.15) is 33.1 Å². The summed E-state index contributed by atoms with van der Waals surface area (Å²) in [6.45, 7) is 4.37. The highest BCUT2D eigenvalue weighted by Crippen LogP contribution is 2.25. The van der Waals surface area contributed by atoms with Gasteiger partial charge in [-0.1, -0.05) is 0 Å². The van der Waals surface area contributed by atoms with Crippen molar-refractivity contribution in [2.45, 2.75) is 44.8 Å². The summed E-state index contributed by atoms with van der Waals surface area (Å²) in [4.78, 5) is 23.8. The third-order valence-corrected chi connectivity index (χ3v) is 3.00. The van der Waals surface area contributed by atoms with Crippen LogP contribution in [0.25, 0.3) is 0 Å². The fraction of sp³-hybridized carbons (Fsp3) is 0.833. The molecule has 6 heteroatoms. The van der Waals surface area contributed by atoms with E-state index in [9.17, 15) is 9.59 Å². The molecule has 0 saturated carbocycles. The van der Waals surface area contributed by atoms with Crippen molar-refractivity contribution < 1.29 is 19.4 Å². The summed E-state index contributed by atoms with van der Waals surface area (Å²) >= 11 is 0. The Morgan fingerprint density at radius 3 is 2.61 bits per heavy atom. The molecule has 6 nitrogen and oxygen atoms in total. The maximum Gasteiger partial charge on any atom is 0.329 e. The maximum atomic E-state index is 11.7. The molecule has 1 aliphatic heterocycles. The lowest BCUT2D eigenvalue weighted by molar-refractivity contribution is -0.173. The first-order chi connectivity index (χ1) is 8.32. The summed E-state index contributed by atoms with van der Waals surface area (Å²) in [7, 11) is 0. The van der Waals surface area contributed by atoms with E-state index in [1.54, 1.807) is 4.90 Å². The minimum Gasteiger partial charge on any atom is -0.480 e. The number of ether oxygens (including phenoxy) is 1. The molecule has 104 valence electrons. The first kappa shape index (κ1) is 14.9. The van der Waals surface area contributed by atoms with Crippen molar-refractivity contribution in [3.05, 3.63) is 0 Å². The summed E-state index contributed by atoms with van der Waals surface area (Å²) in [5, 5.41) is 8.52. The highest BCUT2D eigenvalue weighted by molar-refractivity contribution is 5.77. The van der Waals surface area contributed by atoms with Gasteiger partial charge < -0.3 is 20.5 Å². The molecule has 1 atom stereocenters. The Balaban J connectivity index is 2.20. The summed E-state index contributed by atoms with van der Waals surface area (Å²) in [5.74, 6) is -0.898. The Hall–Kier alpha value is -1.14. The number of aliphatic carboxylic acids is 1. The summed E-state index contributed by atoms with van der Waals surface area (Å²) in [5.41, 5.74) is 5.11. The van der Waals surface area contributed by atoms with E-state index in [0.29, 0.717) is 19.5 Å². The third kappa shape index (κ3) is 4.62. The Bertz CT molecular complexity index is 311. The molecule has 0 spiro atoms. The van der Waals surface area contributed by atoms with Gasteiger partial charge in [-0.05, 0) is 26.7 Å². The Morgan fingerprint density at radius 2 is 2.11 bits per heavy atom. The van der Waals surface area contributed by atoms with Gasteiger partial charge in [-0.3, -0.25) is 4.79 Å². The zero-order valence-electron chi connectivity index (χ0n) is 11.0. The minimum absolute atomic E-state index is 0.0899. The van der Waals surface area contributed by atoms with Crippen LogP contribution >= 0.6 is 0 Å². The molecule has 1 aliphatic rings. The SMILES string of the molecule is CC(N)CCCC(=O)N1CC(C)(OCC(=O)O)C1. The van der Waals surface area contributed by atoms with E-state index >= 15 is 0 Å². The fourth-order valence-corrected chi connectivity index (χ4v) is 2.00. The van der Waals surface area contributed by atoms with Crippen LogP contribution in [-0.4, -0.2) is 53.2 Å². The average Bonchev–Trinajstić information content (AvgIpc) is 2.21. The normalized spacial score (nSPS) is 19.2. The summed E-state index contributed by atoms with van der Waals surface area (Å²) in [6, 6.07) is 0.123. The van der Waals surface area contributed by atoms with Crippen LogP contribution in [-0.2, 0) is 14.3 Å². The van der Waals surface area contributed by atoms with Crippen molar-refractivity contribution in [2.24, 2.45) is 5.73 Å². The van der Waals surface area contributed by atoms with E-state index in [-0.39, 0.29) is 18.6 Å². The van der Waals surface area contributed by atoms with Crippen LogP contribution in [0.5, 0.6) is 0 Å². The molecule has 0 bridgehead atoms. The molecule has 0 aromatic rings. The average molecular weight is 258 g/mol. The molecule has 0 aromatic heterocycles. The zero-order chi connectivity index (χ0) is 13.8. The van der Waals surface area contributed by atoms with Crippen molar-refractivity contribution >= 4 is 11.9 Å². The molecule has 0 aromatic carbocycles. The second-order valence-electron chi connectivity index (χ2n) is 5.25. The number of nitrogens with two attached hydrogens (primary N) is 1. The van der Waals surface area contributed by atoms with Gasteiger partial charge in [-0.15, -0.1) is 0 Å². The number of carbonyl (C=O) groups is 2. The van der Waals surface area contributed by atoms with Gasteiger partial charge in [0.05, 0.1) is 13.1 Å². The summed E-state index contributed by atoms with van der Waals surface area (Å²) in [6.07, 6.45) is 2.13. The molecule has 0 radical (unpaired) electrons. The molecule has 18 heavy (non-hydrogen) atoms. The summed E-state index contributed by atoms with van der Waals surface area (Å²) < 4.78 is 5.24. The molecule has 1 fully saturated rings. The molecule has 1 saturated heterocycles. The number of carboxylic acids is 1. The molecular formula is C12H22N2O4.